The van der Waals surface area contributed by atoms with Gasteiger partial charge >= 0.3 is 0 Å². The SMILES string of the molecule is CC(C)n1nccc1S(=O)(=O)N1CCOC(CN)C1. The molecule has 2 heterocycles. The van der Waals surface area contributed by atoms with Crippen LogP contribution in [-0.4, -0.2) is 54.8 Å². The predicted octanol–water partition coefficient (Wildman–Crippen LogP) is -0.188. The molecule has 1 aromatic rings. The molecular formula is C11H20N4O3S. The van der Waals surface area contributed by atoms with Gasteiger partial charge in [-0.25, -0.2) is 8.42 Å². The van der Waals surface area contributed by atoms with Gasteiger partial charge in [-0.3, -0.25) is 4.68 Å². The summed E-state index contributed by atoms with van der Waals surface area (Å²) in [7, 11) is -3.54. The van der Waals surface area contributed by atoms with Crippen molar-refractivity contribution in [3.63, 3.8) is 0 Å². The van der Waals surface area contributed by atoms with Crippen LogP contribution in [-0.2, 0) is 14.8 Å². The van der Waals surface area contributed by atoms with Crippen LogP contribution in [0.1, 0.15) is 19.9 Å². The number of nitrogens with zero attached hydrogens (tertiary/aromatic N) is 3. The Hall–Kier alpha value is -0.960. The Balaban J connectivity index is 2.29. The quantitative estimate of drug-likeness (QED) is 0.829. The molecule has 1 aliphatic rings. The van der Waals surface area contributed by atoms with Gasteiger partial charge in [0.25, 0.3) is 10.0 Å². The minimum absolute atomic E-state index is 0.00822. The second-order valence-corrected chi connectivity index (χ2v) is 6.68. The van der Waals surface area contributed by atoms with Gasteiger partial charge in [-0.1, -0.05) is 0 Å². The molecule has 0 aliphatic carbocycles. The number of morpholine rings is 1. The van der Waals surface area contributed by atoms with Gasteiger partial charge in [0.15, 0.2) is 5.03 Å². The van der Waals surface area contributed by atoms with Crippen LogP contribution in [0.2, 0.25) is 0 Å². The van der Waals surface area contributed by atoms with E-state index >= 15 is 0 Å². The smallest absolute Gasteiger partial charge is 0.260 e. The Morgan fingerprint density at radius 1 is 1.58 bits per heavy atom. The van der Waals surface area contributed by atoms with E-state index in [9.17, 15) is 8.42 Å². The Kier molecular flexibility index (Phi) is 4.24. The molecule has 1 atom stereocenters. The molecule has 0 spiro atoms. The van der Waals surface area contributed by atoms with Crippen LogP contribution in [0.3, 0.4) is 0 Å². The minimum Gasteiger partial charge on any atom is -0.374 e. The van der Waals surface area contributed by atoms with E-state index in [1.165, 1.54) is 21.3 Å². The molecule has 0 bridgehead atoms. The zero-order chi connectivity index (χ0) is 14.0. The second-order valence-electron chi connectivity index (χ2n) is 4.80. The summed E-state index contributed by atoms with van der Waals surface area (Å²) in [6, 6.07) is 1.52. The predicted molar refractivity (Wildman–Crippen MR) is 70.2 cm³/mol. The maximum absolute atomic E-state index is 12.6. The standard InChI is InChI=1S/C11H20N4O3S/c1-9(2)15-11(3-4-13-15)19(16,17)14-5-6-18-10(7-12)8-14/h3-4,9-10H,5-8,12H2,1-2H3. The van der Waals surface area contributed by atoms with E-state index in [0.717, 1.165) is 0 Å². The number of hydrogen-bond acceptors (Lipinski definition) is 5. The summed E-state index contributed by atoms with van der Waals surface area (Å²) >= 11 is 0. The van der Waals surface area contributed by atoms with E-state index in [1.807, 2.05) is 13.8 Å². The Bertz CT molecular complexity index is 526. The topological polar surface area (TPSA) is 90.5 Å². The highest BCUT2D eigenvalue weighted by Crippen LogP contribution is 2.20. The van der Waals surface area contributed by atoms with Crippen LogP contribution in [0.4, 0.5) is 0 Å². The van der Waals surface area contributed by atoms with Crippen molar-refractivity contribution in [3.05, 3.63) is 12.3 Å². The molecule has 0 saturated carbocycles. The molecule has 0 radical (unpaired) electrons. The second kappa shape index (κ2) is 5.58. The molecule has 108 valence electrons. The lowest BCUT2D eigenvalue weighted by molar-refractivity contribution is 0.00434. The fourth-order valence-corrected chi connectivity index (χ4v) is 3.75. The first kappa shape index (κ1) is 14.4. The van der Waals surface area contributed by atoms with Crippen LogP contribution in [0.25, 0.3) is 0 Å². The van der Waals surface area contributed by atoms with Gasteiger partial charge in [-0.15, -0.1) is 0 Å². The number of nitrogens with two attached hydrogens (primary N) is 1. The molecular weight excluding hydrogens is 268 g/mol. The van der Waals surface area contributed by atoms with Gasteiger partial charge in [0.2, 0.25) is 0 Å². The highest BCUT2D eigenvalue weighted by Gasteiger charge is 2.32. The summed E-state index contributed by atoms with van der Waals surface area (Å²) in [5, 5.41) is 4.29. The molecule has 1 fully saturated rings. The molecule has 0 amide bonds. The zero-order valence-electron chi connectivity index (χ0n) is 11.2. The molecule has 1 saturated heterocycles. The third kappa shape index (κ3) is 2.81. The maximum Gasteiger partial charge on any atom is 0.260 e. The monoisotopic (exact) mass is 288 g/mol. The number of sulfonamides is 1. The lowest BCUT2D eigenvalue weighted by Gasteiger charge is -2.31. The molecule has 1 aromatic heterocycles. The van der Waals surface area contributed by atoms with E-state index in [-0.39, 0.29) is 17.2 Å². The Morgan fingerprint density at radius 3 is 2.95 bits per heavy atom. The number of rotatable bonds is 4. The molecule has 8 heteroatoms. The number of ether oxygens (including phenoxy) is 1. The van der Waals surface area contributed by atoms with Gasteiger partial charge in [0, 0.05) is 25.7 Å². The summed E-state index contributed by atoms with van der Waals surface area (Å²) in [5.41, 5.74) is 5.54. The van der Waals surface area contributed by atoms with E-state index in [2.05, 4.69) is 5.10 Å². The fourth-order valence-electron chi connectivity index (χ4n) is 2.08. The lowest BCUT2D eigenvalue weighted by atomic mass is 10.3. The molecule has 7 nitrogen and oxygen atoms in total. The minimum atomic E-state index is -3.54. The van der Waals surface area contributed by atoms with Crippen LogP contribution >= 0.6 is 0 Å². The third-order valence-corrected chi connectivity index (χ3v) is 4.95. The van der Waals surface area contributed by atoms with Crippen molar-refractivity contribution in [1.29, 1.82) is 0 Å². The fraction of sp³-hybridized carbons (Fsp3) is 0.727. The van der Waals surface area contributed by atoms with E-state index in [0.29, 0.717) is 26.2 Å². The summed E-state index contributed by atoms with van der Waals surface area (Å²) in [5.74, 6) is 0. The third-order valence-electron chi connectivity index (χ3n) is 3.09. The van der Waals surface area contributed by atoms with Crippen LogP contribution < -0.4 is 5.73 Å². The van der Waals surface area contributed by atoms with E-state index in [4.69, 9.17) is 10.5 Å². The van der Waals surface area contributed by atoms with Crippen LogP contribution in [0.15, 0.2) is 17.3 Å². The van der Waals surface area contributed by atoms with Gasteiger partial charge < -0.3 is 10.5 Å². The van der Waals surface area contributed by atoms with Gasteiger partial charge in [-0.05, 0) is 19.9 Å². The van der Waals surface area contributed by atoms with Crippen LogP contribution in [0.5, 0.6) is 0 Å². The first-order valence-electron chi connectivity index (χ1n) is 6.32. The molecule has 2 rings (SSSR count). The highest BCUT2D eigenvalue weighted by atomic mass is 32.2. The summed E-state index contributed by atoms with van der Waals surface area (Å²) < 4.78 is 33.5. The van der Waals surface area contributed by atoms with Gasteiger partial charge in [-0.2, -0.15) is 9.40 Å². The van der Waals surface area contributed by atoms with Crippen molar-refractivity contribution in [2.24, 2.45) is 5.73 Å². The summed E-state index contributed by atoms with van der Waals surface area (Å²) in [6.45, 7) is 5.12. The van der Waals surface area contributed by atoms with Gasteiger partial charge in [0.05, 0.1) is 18.9 Å². The molecule has 0 aromatic carbocycles. The van der Waals surface area contributed by atoms with Gasteiger partial charge in [0.1, 0.15) is 0 Å². The molecule has 19 heavy (non-hydrogen) atoms. The summed E-state index contributed by atoms with van der Waals surface area (Å²) in [6.07, 6.45) is 1.27. The van der Waals surface area contributed by atoms with E-state index in [1.54, 1.807) is 0 Å². The number of hydrogen-bond donors (Lipinski definition) is 1. The van der Waals surface area contributed by atoms with Crippen molar-refractivity contribution < 1.29 is 13.2 Å². The van der Waals surface area contributed by atoms with Crippen LogP contribution in [0, 0.1) is 0 Å². The molecule has 2 N–H and O–H groups in total. The van der Waals surface area contributed by atoms with Crippen molar-refractivity contribution in [2.75, 3.05) is 26.2 Å². The van der Waals surface area contributed by atoms with Crippen molar-refractivity contribution in [1.82, 2.24) is 14.1 Å². The van der Waals surface area contributed by atoms with Crippen molar-refractivity contribution >= 4 is 10.0 Å². The van der Waals surface area contributed by atoms with Crippen molar-refractivity contribution in [2.45, 2.75) is 31.0 Å². The molecule has 1 aliphatic heterocycles. The largest absolute Gasteiger partial charge is 0.374 e. The molecule has 1 unspecified atom stereocenters. The Labute approximate surface area is 113 Å². The Morgan fingerprint density at radius 2 is 2.32 bits per heavy atom. The average Bonchev–Trinajstić information content (AvgIpc) is 2.89. The first-order valence-corrected chi connectivity index (χ1v) is 7.76. The highest BCUT2D eigenvalue weighted by molar-refractivity contribution is 7.89. The maximum atomic E-state index is 12.6. The summed E-state index contributed by atoms with van der Waals surface area (Å²) in [4.78, 5) is 0. The normalized spacial score (nSPS) is 22.0. The lowest BCUT2D eigenvalue weighted by Crippen LogP contribution is -2.48. The van der Waals surface area contributed by atoms with Crippen molar-refractivity contribution in [3.8, 4) is 0 Å². The first-order chi connectivity index (χ1) is 8.96. The average molecular weight is 288 g/mol. The zero-order valence-corrected chi connectivity index (χ0v) is 12.0. The number of aromatic nitrogens is 2. The van der Waals surface area contributed by atoms with E-state index < -0.39 is 10.0 Å².